The van der Waals surface area contributed by atoms with Crippen molar-refractivity contribution in [2.45, 2.75) is 19.3 Å². The largest absolute Gasteiger partial charge is 0.356 e. The molecule has 1 saturated heterocycles. The van der Waals surface area contributed by atoms with Crippen LogP contribution in [0.15, 0.2) is 97.1 Å². The molecule has 1 fully saturated rings. The first-order chi connectivity index (χ1) is 16.9. The van der Waals surface area contributed by atoms with Gasteiger partial charge in [-0.15, -0.1) is 0 Å². The van der Waals surface area contributed by atoms with E-state index in [0.717, 1.165) is 24.6 Å². The van der Waals surface area contributed by atoms with Crippen LogP contribution in [0.25, 0.3) is 55.4 Å². The maximum absolute atomic E-state index is 5.51. The number of fused-ring (bicyclic) bond motifs is 3. The van der Waals surface area contributed by atoms with Gasteiger partial charge < -0.3 is 4.90 Å². The Hall–Kier alpha value is -3.91. The first kappa shape index (κ1) is 19.5. The van der Waals surface area contributed by atoms with Crippen LogP contribution in [0.2, 0.25) is 0 Å². The van der Waals surface area contributed by atoms with Crippen molar-refractivity contribution in [3.63, 3.8) is 0 Å². The van der Waals surface area contributed by atoms with Crippen LogP contribution in [0.5, 0.6) is 0 Å². The van der Waals surface area contributed by atoms with E-state index < -0.39 is 0 Å². The Morgan fingerprint density at radius 2 is 1.15 bits per heavy atom. The summed E-state index contributed by atoms with van der Waals surface area (Å²) in [6.45, 7) is 2.13. The molecule has 0 bridgehead atoms. The molecule has 1 aromatic heterocycles. The summed E-state index contributed by atoms with van der Waals surface area (Å²) in [5.41, 5.74) is 10.1. The normalized spacial score (nSPS) is 14.4. The zero-order chi connectivity index (χ0) is 22.5. The van der Waals surface area contributed by atoms with Crippen LogP contribution in [0, 0.1) is 0 Å². The second-order valence-electron chi connectivity index (χ2n) is 9.40. The topological polar surface area (TPSA) is 16.1 Å². The summed E-state index contributed by atoms with van der Waals surface area (Å²) < 4.78 is 0. The number of aromatic nitrogens is 1. The number of anilines is 1. The average molecular weight is 439 g/mol. The van der Waals surface area contributed by atoms with Crippen molar-refractivity contribution in [1.29, 1.82) is 0 Å². The van der Waals surface area contributed by atoms with Crippen LogP contribution in [0.3, 0.4) is 0 Å². The van der Waals surface area contributed by atoms with E-state index in [0.29, 0.717) is 0 Å². The highest BCUT2D eigenvalue weighted by molar-refractivity contribution is 6.21. The Kier molecular flexibility index (Phi) is 4.51. The van der Waals surface area contributed by atoms with Crippen molar-refractivity contribution in [2.75, 3.05) is 18.0 Å². The summed E-state index contributed by atoms with van der Waals surface area (Å²) in [6.07, 6.45) is 3.76. The quantitative estimate of drug-likeness (QED) is 0.277. The third kappa shape index (κ3) is 2.92. The van der Waals surface area contributed by atoms with Crippen molar-refractivity contribution in [2.24, 2.45) is 0 Å². The molecule has 2 heterocycles. The minimum absolute atomic E-state index is 1.07. The molecule has 5 aromatic rings. The SMILES string of the molecule is c1ccc(-c2nc(N3CCCCC3)c(-c3ccccc3)c3c2-c2cccc4cccc-3c24)cc1. The molecule has 34 heavy (non-hydrogen) atoms. The van der Waals surface area contributed by atoms with Crippen molar-refractivity contribution in [3.8, 4) is 44.6 Å². The van der Waals surface area contributed by atoms with Crippen LogP contribution >= 0.6 is 0 Å². The molecule has 0 spiro atoms. The number of benzene rings is 4. The number of hydrogen-bond donors (Lipinski definition) is 0. The first-order valence-electron chi connectivity index (χ1n) is 12.4. The van der Waals surface area contributed by atoms with Gasteiger partial charge in [-0.3, -0.25) is 0 Å². The lowest BCUT2D eigenvalue weighted by molar-refractivity contribution is 0.574. The molecule has 0 N–H and O–H groups in total. The van der Waals surface area contributed by atoms with Gasteiger partial charge >= 0.3 is 0 Å². The Morgan fingerprint density at radius 3 is 1.82 bits per heavy atom. The summed E-state index contributed by atoms with van der Waals surface area (Å²) in [7, 11) is 0. The zero-order valence-electron chi connectivity index (χ0n) is 19.2. The third-order valence-corrected chi connectivity index (χ3v) is 7.39. The first-order valence-corrected chi connectivity index (χ1v) is 12.4. The molecule has 0 saturated carbocycles. The number of rotatable bonds is 3. The molecule has 7 rings (SSSR count). The van der Waals surface area contributed by atoms with E-state index in [1.165, 1.54) is 69.0 Å². The Bertz CT molecular complexity index is 1510. The zero-order valence-corrected chi connectivity index (χ0v) is 19.2. The molecule has 4 aromatic carbocycles. The van der Waals surface area contributed by atoms with E-state index in [1.54, 1.807) is 0 Å². The summed E-state index contributed by atoms with van der Waals surface area (Å²) >= 11 is 0. The van der Waals surface area contributed by atoms with E-state index in [4.69, 9.17) is 4.98 Å². The van der Waals surface area contributed by atoms with E-state index in [2.05, 4.69) is 102 Å². The highest BCUT2D eigenvalue weighted by Gasteiger charge is 2.32. The smallest absolute Gasteiger partial charge is 0.137 e. The van der Waals surface area contributed by atoms with Gasteiger partial charge in [0, 0.05) is 35.3 Å². The highest BCUT2D eigenvalue weighted by atomic mass is 15.2. The fourth-order valence-corrected chi connectivity index (χ4v) is 5.88. The predicted octanol–water partition coefficient (Wildman–Crippen LogP) is 8.21. The lowest BCUT2D eigenvalue weighted by Crippen LogP contribution is -2.31. The molecular formula is C32H26N2. The summed E-state index contributed by atoms with van der Waals surface area (Å²) in [5.74, 6) is 1.13. The second-order valence-corrected chi connectivity index (χ2v) is 9.40. The molecule has 2 nitrogen and oxygen atoms in total. The van der Waals surface area contributed by atoms with Crippen LogP contribution < -0.4 is 4.90 Å². The van der Waals surface area contributed by atoms with Crippen LogP contribution in [0.1, 0.15) is 19.3 Å². The number of piperidine rings is 1. The maximum atomic E-state index is 5.51. The van der Waals surface area contributed by atoms with Gasteiger partial charge in [0.05, 0.1) is 5.69 Å². The molecule has 2 aliphatic rings. The van der Waals surface area contributed by atoms with E-state index in [-0.39, 0.29) is 0 Å². The Balaban J connectivity index is 1.65. The van der Waals surface area contributed by atoms with Gasteiger partial charge in [-0.25, -0.2) is 4.98 Å². The molecule has 0 unspecified atom stereocenters. The number of pyridine rings is 1. The van der Waals surface area contributed by atoms with E-state index >= 15 is 0 Å². The average Bonchev–Trinajstić information content (AvgIpc) is 3.26. The van der Waals surface area contributed by atoms with E-state index in [1.807, 2.05) is 0 Å². The minimum Gasteiger partial charge on any atom is -0.356 e. The van der Waals surface area contributed by atoms with Gasteiger partial charge in [0.25, 0.3) is 0 Å². The molecule has 0 amide bonds. The molecule has 2 heteroatoms. The number of nitrogens with zero attached hydrogens (tertiary/aromatic N) is 2. The lowest BCUT2D eigenvalue weighted by atomic mass is 9.90. The molecule has 0 atom stereocenters. The van der Waals surface area contributed by atoms with Gasteiger partial charge in [-0.05, 0) is 46.7 Å². The second kappa shape index (κ2) is 7.85. The van der Waals surface area contributed by atoms with Gasteiger partial charge in [-0.1, -0.05) is 97.1 Å². The molecule has 0 radical (unpaired) electrons. The monoisotopic (exact) mass is 438 g/mol. The Labute approximate surface area is 200 Å². The summed E-state index contributed by atoms with van der Waals surface area (Å²) in [4.78, 5) is 8.04. The van der Waals surface area contributed by atoms with Crippen molar-refractivity contribution < 1.29 is 0 Å². The van der Waals surface area contributed by atoms with Gasteiger partial charge in [0.15, 0.2) is 0 Å². The van der Waals surface area contributed by atoms with Gasteiger partial charge in [-0.2, -0.15) is 0 Å². The van der Waals surface area contributed by atoms with E-state index in [9.17, 15) is 0 Å². The van der Waals surface area contributed by atoms with Crippen molar-refractivity contribution >= 4 is 16.6 Å². The van der Waals surface area contributed by atoms with Crippen LogP contribution in [-0.2, 0) is 0 Å². The van der Waals surface area contributed by atoms with Crippen LogP contribution in [-0.4, -0.2) is 18.1 Å². The Morgan fingerprint density at radius 1 is 0.529 bits per heavy atom. The fourth-order valence-electron chi connectivity index (χ4n) is 5.88. The number of hydrogen-bond acceptors (Lipinski definition) is 2. The molecule has 1 aliphatic heterocycles. The molecule has 164 valence electrons. The molecule has 1 aliphatic carbocycles. The van der Waals surface area contributed by atoms with Gasteiger partial charge in [0.1, 0.15) is 5.82 Å². The minimum atomic E-state index is 1.07. The van der Waals surface area contributed by atoms with Crippen molar-refractivity contribution in [3.05, 3.63) is 97.1 Å². The standard InChI is InChI=1S/C32H26N2/c1-4-12-23(13-5-1)28-29-25-18-10-16-22-17-11-19-26(27(22)25)30(29)31(24-14-6-2-7-15-24)33-32(28)34-20-8-3-9-21-34/h1-2,4-7,10-19H,3,8-9,20-21H2. The maximum Gasteiger partial charge on any atom is 0.137 e. The third-order valence-electron chi connectivity index (χ3n) is 7.39. The summed E-state index contributed by atoms with van der Waals surface area (Å²) in [6, 6.07) is 35.1. The summed E-state index contributed by atoms with van der Waals surface area (Å²) in [5, 5.41) is 2.65. The predicted molar refractivity (Wildman–Crippen MR) is 143 cm³/mol. The lowest BCUT2D eigenvalue weighted by Gasteiger charge is -2.31. The van der Waals surface area contributed by atoms with Crippen LogP contribution in [0.4, 0.5) is 5.82 Å². The highest BCUT2D eigenvalue weighted by Crippen LogP contribution is 2.56. The molecular weight excluding hydrogens is 412 g/mol. The van der Waals surface area contributed by atoms with Gasteiger partial charge in [0.2, 0.25) is 0 Å². The fraction of sp³-hybridized carbons (Fsp3) is 0.156. The van der Waals surface area contributed by atoms with Crippen molar-refractivity contribution in [1.82, 2.24) is 4.98 Å².